The van der Waals surface area contributed by atoms with Crippen molar-refractivity contribution in [1.82, 2.24) is 9.88 Å². The molecule has 1 aliphatic heterocycles. The molecule has 0 aromatic carbocycles. The molecule has 2 heterocycles. The van der Waals surface area contributed by atoms with Gasteiger partial charge in [0.1, 0.15) is 0 Å². The van der Waals surface area contributed by atoms with E-state index in [-0.39, 0.29) is 24.7 Å². The summed E-state index contributed by atoms with van der Waals surface area (Å²) in [5.41, 5.74) is 0.969. The van der Waals surface area contributed by atoms with Crippen molar-refractivity contribution in [2.24, 2.45) is 5.92 Å². The molecule has 7 heteroatoms. The summed E-state index contributed by atoms with van der Waals surface area (Å²) in [6.07, 6.45) is 2.69. The van der Waals surface area contributed by atoms with E-state index in [0.29, 0.717) is 5.13 Å². The van der Waals surface area contributed by atoms with Gasteiger partial charge >= 0.3 is 5.97 Å². The first-order chi connectivity index (χ1) is 11.0. The number of likely N-dealkylation sites (tertiary alicyclic amines) is 1. The zero-order chi connectivity index (χ0) is 16.8. The Morgan fingerprint density at radius 1 is 1.35 bits per heavy atom. The third-order valence-electron chi connectivity index (χ3n) is 4.17. The molecule has 0 saturated carbocycles. The summed E-state index contributed by atoms with van der Waals surface area (Å²) in [7, 11) is 1.32. The van der Waals surface area contributed by atoms with E-state index in [1.165, 1.54) is 36.2 Å². The van der Waals surface area contributed by atoms with Crippen molar-refractivity contribution < 1.29 is 14.3 Å². The van der Waals surface area contributed by atoms with Gasteiger partial charge in [0.25, 0.3) is 0 Å². The molecule has 0 aliphatic carbocycles. The van der Waals surface area contributed by atoms with E-state index in [1.54, 1.807) is 0 Å². The topological polar surface area (TPSA) is 71.5 Å². The highest BCUT2D eigenvalue weighted by Crippen LogP contribution is 2.26. The molecule has 1 fully saturated rings. The van der Waals surface area contributed by atoms with Gasteiger partial charge in [0.2, 0.25) is 5.91 Å². The van der Waals surface area contributed by atoms with Gasteiger partial charge in [-0.15, -0.1) is 11.3 Å². The summed E-state index contributed by atoms with van der Waals surface area (Å²) >= 11 is 1.52. The Morgan fingerprint density at radius 2 is 2.04 bits per heavy atom. The fourth-order valence-corrected chi connectivity index (χ4v) is 3.57. The fraction of sp³-hybridized carbons (Fsp3) is 0.688. The highest BCUT2D eigenvalue weighted by molar-refractivity contribution is 7.15. The van der Waals surface area contributed by atoms with Crippen molar-refractivity contribution in [3.63, 3.8) is 0 Å². The second-order valence-electron chi connectivity index (χ2n) is 6.11. The SMILES string of the molecule is COC(=O)CCC(=O)Nc1nc(C)c(CN2CCC(C)CC2)s1. The number of nitrogens with zero attached hydrogens (tertiary/aromatic N) is 2. The molecule has 1 N–H and O–H groups in total. The summed E-state index contributed by atoms with van der Waals surface area (Å²) in [4.78, 5) is 30.9. The maximum atomic E-state index is 11.8. The summed E-state index contributed by atoms with van der Waals surface area (Å²) in [5, 5.41) is 3.38. The van der Waals surface area contributed by atoms with Crippen LogP contribution in [0.15, 0.2) is 0 Å². The Bertz CT molecular complexity index is 551. The highest BCUT2D eigenvalue weighted by Gasteiger charge is 2.18. The van der Waals surface area contributed by atoms with Crippen LogP contribution in [0, 0.1) is 12.8 Å². The van der Waals surface area contributed by atoms with Crippen molar-refractivity contribution in [2.75, 3.05) is 25.5 Å². The lowest BCUT2D eigenvalue weighted by Crippen LogP contribution is -2.32. The number of hydrogen-bond donors (Lipinski definition) is 1. The lowest BCUT2D eigenvalue weighted by Gasteiger charge is -2.29. The van der Waals surface area contributed by atoms with Crippen LogP contribution >= 0.6 is 11.3 Å². The Balaban J connectivity index is 1.85. The number of rotatable bonds is 6. The smallest absolute Gasteiger partial charge is 0.306 e. The van der Waals surface area contributed by atoms with Crippen LogP contribution in [0.25, 0.3) is 0 Å². The van der Waals surface area contributed by atoms with Crippen molar-refractivity contribution in [3.05, 3.63) is 10.6 Å². The van der Waals surface area contributed by atoms with E-state index < -0.39 is 0 Å². The number of hydrogen-bond acceptors (Lipinski definition) is 6. The molecule has 0 radical (unpaired) electrons. The molecule has 1 aliphatic rings. The largest absolute Gasteiger partial charge is 0.469 e. The zero-order valence-corrected chi connectivity index (χ0v) is 14.9. The average Bonchev–Trinajstić information content (AvgIpc) is 2.86. The van der Waals surface area contributed by atoms with E-state index >= 15 is 0 Å². The number of thiazole rings is 1. The number of nitrogens with one attached hydrogen (secondary N) is 1. The molecule has 128 valence electrons. The fourth-order valence-electron chi connectivity index (χ4n) is 2.55. The number of aromatic nitrogens is 1. The van der Waals surface area contributed by atoms with Gasteiger partial charge in [0.05, 0.1) is 19.2 Å². The Kier molecular flexibility index (Phi) is 6.53. The normalized spacial score (nSPS) is 16.3. The van der Waals surface area contributed by atoms with Crippen LogP contribution < -0.4 is 5.32 Å². The quantitative estimate of drug-likeness (QED) is 0.807. The molecular weight excluding hydrogens is 314 g/mol. The summed E-state index contributed by atoms with van der Waals surface area (Å²) < 4.78 is 4.53. The molecule has 1 aromatic rings. The van der Waals surface area contributed by atoms with Crippen molar-refractivity contribution in [3.8, 4) is 0 Å². The minimum absolute atomic E-state index is 0.0888. The zero-order valence-electron chi connectivity index (χ0n) is 14.1. The number of aryl methyl sites for hydroxylation is 1. The van der Waals surface area contributed by atoms with Gasteiger partial charge in [0, 0.05) is 17.8 Å². The summed E-state index contributed by atoms with van der Waals surface area (Å²) in [6, 6.07) is 0. The first-order valence-electron chi connectivity index (χ1n) is 8.03. The van der Waals surface area contributed by atoms with Gasteiger partial charge in [-0.1, -0.05) is 6.92 Å². The number of esters is 1. The number of amides is 1. The molecule has 6 nitrogen and oxygen atoms in total. The third-order valence-corrected chi connectivity index (χ3v) is 5.22. The molecule has 1 amide bonds. The minimum atomic E-state index is -0.379. The maximum absolute atomic E-state index is 11.8. The van der Waals surface area contributed by atoms with E-state index in [2.05, 4.69) is 26.9 Å². The first kappa shape index (κ1) is 17.9. The number of carbonyl (C=O) groups is 2. The van der Waals surface area contributed by atoms with Crippen LogP contribution in [0.4, 0.5) is 5.13 Å². The standard InChI is InChI=1S/C16H25N3O3S/c1-11-6-8-19(9-7-11)10-13-12(2)17-16(23-13)18-14(20)4-5-15(21)22-3/h11H,4-10H2,1-3H3,(H,17,18,20). The van der Waals surface area contributed by atoms with Crippen molar-refractivity contribution in [1.29, 1.82) is 0 Å². The van der Waals surface area contributed by atoms with Gasteiger partial charge in [-0.2, -0.15) is 0 Å². The number of ether oxygens (including phenoxy) is 1. The van der Waals surface area contributed by atoms with E-state index in [4.69, 9.17) is 0 Å². The van der Waals surface area contributed by atoms with E-state index in [1.807, 2.05) is 6.92 Å². The lowest BCUT2D eigenvalue weighted by atomic mass is 9.99. The predicted molar refractivity (Wildman–Crippen MR) is 90.4 cm³/mol. The van der Waals surface area contributed by atoms with Crippen molar-refractivity contribution >= 4 is 28.3 Å². The Hall–Kier alpha value is -1.47. The monoisotopic (exact) mass is 339 g/mol. The van der Waals surface area contributed by atoms with Crippen LogP contribution in [-0.2, 0) is 20.9 Å². The lowest BCUT2D eigenvalue weighted by molar-refractivity contribution is -0.141. The molecular formula is C16H25N3O3S. The molecule has 1 aromatic heterocycles. The Labute approximate surface area is 141 Å². The predicted octanol–water partition coefficient (Wildman–Crippen LogP) is 2.58. The molecule has 0 unspecified atom stereocenters. The third kappa shape index (κ3) is 5.58. The van der Waals surface area contributed by atoms with Gasteiger partial charge < -0.3 is 10.1 Å². The minimum Gasteiger partial charge on any atom is -0.469 e. The first-order valence-corrected chi connectivity index (χ1v) is 8.85. The molecule has 1 saturated heterocycles. The summed E-state index contributed by atoms with van der Waals surface area (Å²) in [6.45, 7) is 7.42. The van der Waals surface area contributed by atoms with Gasteiger partial charge in [0.15, 0.2) is 5.13 Å². The van der Waals surface area contributed by atoms with Crippen molar-refractivity contribution in [2.45, 2.75) is 46.1 Å². The second kappa shape index (κ2) is 8.40. The second-order valence-corrected chi connectivity index (χ2v) is 7.19. The highest BCUT2D eigenvalue weighted by atomic mass is 32.1. The maximum Gasteiger partial charge on any atom is 0.306 e. The summed E-state index contributed by atoms with van der Waals surface area (Å²) in [5.74, 6) is 0.233. The average molecular weight is 339 g/mol. The number of anilines is 1. The van der Waals surface area contributed by atoms with E-state index in [9.17, 15) is 9.59 Å². The van der Waals surface area contributed by atoms with E-state index in [0.717, 1.165) is 31.2 Å². The molecule has 0 spiro atoms. The van der Waals surface area contributed by atoms with Crippen LogP contribution in [0.5, 0.6) is 0 Å². The molecule has 0 bridgehead atoms. The number of methoxy groups -OCH3 is 1. The molecule has 23 heavy (non-hydrogen) atoms. The number of carbonyl (C=O) groups excluding carboxylic acids is 2. The Morgan fingerprint density at radius 3 is 2.70 bits per heavy atom. The van der Waals surface area contributed by atoms with Crippen LogP contribution in [0.3, 0.4) is 0 Å². The van der Waals surface area contributed by atoms with Gasteiger partial charge in [-0.3, -0.25) is 14.5 Å². The number of piperidine rings is 1. The van der Waals surface area contributed by atoms with Crippen LogP contribution in [0.1, 0.15) is 43.2 Å². The van der Waals surface area contributed by atoms with Gasteiger partial charge in [-0.25, -0.2) is 4.98 Å². The van der Waals surface area contributed by atoms with Gasteiger partial charge in [-0.05, 0) is 38.8 Å². The van der Waals surface area contributed by atoms with Crippen LogP contribution in [0.2, 0.25) is 0 Å². The van der Waals surface area contributed by atoms with Crippen LogP contribution in [-0.4, -0.2) is 42.0 Å². The molecule has 2 rings (SSSR count). The molecule has 0 atom stereocenters.